The Balaban J connectivity index is 0.00000160. The van der Waals surface area contributed by atoms with Crippen LogP contribution in [-0.4, -0.2) is 34.9 Å². The minimum Gasteiger partial charge on any atom is -0.486 e. The summed E-state index contributed by atoms with van der Waals surface area (Å²) in [7, 11) is 0. The van der Waals surface area contributed by atoms with Crippen LogP contribution in [0.15, 0.2) is 60.0 Å². The average Bonchev–Trinajstić information content (AvgIpc) is 3.32. The second-order valence-electron chi connectivity index (χ2n) is 7.03. The first-order chi connectivity index (χ1) is 13.6. The normalized spacial score (nSPS) is 17.7. The van der Waals surface area contributed by atoms with Crippen LogP contribution < -0.4 is 10.5 Å². The van der Waals surface area contributed by atoms with Gasteiger partial charge in [-0.05, 0) is 24.6 Å². The second-order valence-corrected chi connectivity index (χ2v) is 8.10. The smallest absolute Gasteiger partial charge is 0.257 e. The van der Waals surface area contributed by atoms with Gasteiger partial charge in [-0.25, -0.2) is 4.98 Å². The van der Waals surface area contributed by atoms with Crippen LogP contribution in [0.4, 0.5) is 0 Å². The van der Waals surface area contributed by atoms with Gasteiger partial charge in [-0.15, -0.1) is 36.2 Å². The van der Waals surface area contributed by atoms with Crippen molar-refractivity contribution in [2.24, 2.45) is 5.73 Å². The van der Waals surface area contributed by atoms with Crippen molar-refractivity contribution in [3.63, 3.8) is 0 Å². The molecule has 1 saturated heterocycles. The molecule has 1 fully saturated rings. The van der Waals surface area contributed by atoms with Crippen LogP contribution in [0.1, 0.15) is 32.5 Å². The van der Waals surface area contributed by atoms with Gasteiger partial charge in [0.05, 0.1) is 16.3 Å². The Morgan fingerprint density at radius 2 is 1.83 bits per heavy atom. The third kappa shape index (κ3) is 5.32. The summed E-state index contributed by atoms with van der Waals surface area (Å²) < 4.78 is 5.92. The van der Waals surface area contributed by atoms with E-state index < -0.39 is 0 Å². The molecule has 30 heavy (non-hydrogen) atoms. The molecule has 3 aromatic rings. The number of halogens is 2. The standard InChI is InChI=1S/C22H23N3O2S.2ClH/c1-15-24-17(14-28-15)13-27-21-10-6-5-9-18(21)22(26)25-11-19(20(23)12-25)16-7-3-2-4-8-16;;/h2-10,14,19-20H,11-13,23H2,1H3;2*1H/t19-,20+;;/m0../s1. The predicted molar refractivity (Wildman–Crippen MR) is 125 cm³/mol. The van der Waals surface area contributed by atoms with Crippen molar-refractivity contribution in [2.45, 2.75) is 25.5 Å². The monoisotopic (exact) mass is 465 g/mol. The number of nitrogens with two attached hydrogens (primary N) is 1. The topological polar surface area (TPSA) is 68.5 Å². The van der Waals surface area contributed by atoms with E-state index in [1.54, 1.807) is 11.3 Å². The number of nitrogens with zero attached hydrogens (tertiary/aromatic N) is 2. The summed E-state index contributed by atoms with van der Waals surface area (Å²) >= 11 is 1.59. The zero-order chi connectivity index (χ0) is 19.5. The Morgan fingerprint density at radius 3 is 2.53 bits per heavy atom. The number of thiazole rings is 1. The highest BCUT2D eigenvalue weighted by atomic mass is 35.5. The maximum Gasteiger partial charge on any atom is 0.257 e. The maximum atomic E-state index is 13.2. The summed E-state index contributed by atoms with van der Waals surface area (Å²) in [4.78, 5) is 19.4. The van der Waals surface area contributed by atoms with Crippen LogP contribution in [0.3, 0.4) is 0 Å². The molecule has 8 heteroatoms. The molecule has 0 unspecified atom stereocenters. The molecule has 0 saturated carbocycles. The van der Waals surface area contributed by atoms with Crippen molar-refractivity contribution in [2.75, 3.05) is 13.1 Å². The fourth-order valence-electron chi connectivity index (χ4n) is 3.61. The van der Waals surface area contributed by atoms with Crippen molar-refractivity contribution in [3.05, 3.63) is 81.8 Å². The Labute approximate surface area is 193 Å². The Morgan fingerprint density at radius 1 is 1.13 bits per heavy atom. The lowest BCUT2D eigenvalue weighted by atomic mass is 9.95. The highest BCUT2D eigenvalue weighted by molar-refractivity contribution is 7.09. The molecule has 2 aromatic carbocycles. The number of rotatable bonds is 5. The van der Waals surface area contributed by atoms with E-state index in [0.717, 1.165) is 10.7 Å². The molecule has 0 radical (unpaired) electrons. The Bertz CT molecular complexity index is 968. The largest absolute Gasteiger partial charge is 0.486 e. The number of amides is 1. The number of hydrogen-bond acceptors (Lipinski definition) is 5. The molecule has 1 aromatic heterocycles. The molecule has 5 nitrogen and oxygen atoms in total. The van der Waals surface area contributed by atoms with Gasteiger partial charge >= 0.3 is 0 Å². The van der Waals surface area contributed by atoms with E-state index in [4.69, 9.17) is 10.5 Å². The minimum absolute atomic E-state index is 0. The van der Waals surface area contributed by atoms with Crippen molar-refractivity contribution >= 4 is 42.1 Å². The number of benzene rings is 2. The summed E-state index contributed by atoms with van der Waals surface area (Å²) in [5.41, 5.74) is 8.97. The first-order valence-electron chi connectivity index (χ1n) is 9.34. The van der Waals surface area contributed by atoms with Crippen molar-refractivity contribution in [1.82, 2.24) is 9.88 Å². The molecule has 1 aliphatic rings. The second kappa shape index (κ2) is 10.8. The number of hydrogen-bond donors (Lipinski definition) is 1. The fraction of sp³-hybridized carbons (Fsp3) is 0.273. The zero-order valence-electron chi connectivity index (χ0n) is 16.6. The van der Waals surface area contributed by atoms with Crippen molar-refractivity contribution in [3.8, 4) is 5.75 Å². The molecule has 0 bridgehead atoms. The Kier molecular flexibility index (Phi) is 8.67. The molecule has 2 heterocycles. The van der Waals surface area contributed by atoms with E-state index in [9.17, 15) is 4.79 Å². The van der Waals surface area contributed by atoms with E-state index >= 15 is 0 Å². The fourth-order valence-corrected chi connectivity index (χ4v) is 4.21. The lowest BCUT2D eigenvalue weighted by Gasteiger charge is -2.18. The number of aryl methyl sites for hydroxylation is 1. The van der Waals surface area contributed by atoms with E-state index in [2.05, 4.69) is 17.1 Å². The zero-order valence-corrected chi connectivity index (χ0v) is 19.0. The summed E-state index contributed by atoms with van der Waals surface area (Å²) in [6.07, 6.45) is 0. The van der Waals surface area contributed by atoms with Gasteiger partial charge in [0.2, 0.25) is 0 Å². The summed E-state index contributed by atoms with van der Waals surface area (Å²) in [6.45, 7) is 3.47. The number of carbonyl (C=O) groups excluding carboxylic acids is 1. The lowest BCUT2D eigenvalue weighted by Crippen LogP contribution is -2.32. The molecule has 4 rings (SSSR count). The molecule has 0 aliphatic carbocycles. The molecular formula is C22H25Cl2N3O2S. The molecular weight excluding hydrogens is 441 g/mol. The van der Waals surface area contributed by atoms with Gasteiger partial charge in [0, 0.05) is 30.4 Å². The van der Waals surface area contributed by atoms with Gasteiger partial charge in [0.1, 0.15) is 12.4 Å². The van der Waals surface area contributed by atoms with E-state index in [0.29, 0.717) is 31.0 Å². The number of likely N-dealkylation sites (tertiary alicyclic amines) is 1. The highest BCUT2D eigenvalue weighted by Gasteiger charge is 2.35. The summed E-state index contributed by atoms with van der Waals surface area (Å²) in [5, 5.41) is 2.98. The molecule has 1 amide bonds. The third-order valence-corrected chi connectivity index (χ3v) is 5.86. The Hall–Kier alpha value is -2.12. The number of para-hydroxylation sites is 1. The lowest BCUT2D eigenvalue weighted by molar-refractivity contribution is 0.0784. The summed E-state index contributed by atoms with van der Waals surface area (Å²) in [6, 6.07) is 17.5. The maximum absolute atomic E-state index is 13.2. The van der Waals surface area contributed by atoms with Crippen LogP contribution in [0, 0.1) is 6.92 Å². The quantitative estimate of drug-likeness (QED) is 0.604. The minimum atomic E-state index is -0.0718. The van der Waals surface area contributed by atoms with Crippen LogP contribution in [-0.2, 0) is 6.61 Å². The van der Waals surface area contributed by atoms with Crippen LogP contribution in [0.25, 0.3) is 0 Å². The van der Waals surface area contributed by atoms with Crippen LogP contribution in [0.5, 0.6) is 5.75 Å². The van der Waals surface area contributed by atoms with Crippen molar-refractivity contribution < 1.29 is 9.53 Å². The van der Waals surface area contributed by atoms with Gasteiger partial charge in [-0.1, -0.05) is 42.5 Å². The first-order valence-corrected chi connectivity index (χ1v) is 10.2. The van der Waals surface area contributed by atoms with Crippen molar-refractivity contribution in [1.29, 1.82) is 0 Å². The number of ether oxygens (including phenoxy) is 1. The first kappa shape index (κ1) is 24.2. The molecule has 160 valence electrons. The molecule has 1 aliphatic heterocycles. The predicted octanol–water partition coefficient (Wildman–Crippen LogP) is 4.44. The SMILES string of the molecule is Cc1nc(COc2ccccc2C(=O)N2C[C@@H](N)[C@H](c3ccccc3)C2)cs1.Cl.Cl. The molecule has 2 N–H and O–H groups in total. The van der Waals surface area contributed by atoms with Gasteiger partial charge in [-0.3, -0.25) is 4.79 Å². The van der Waals surface area contributed by atoms with Gasteiger partial charge in [0.25, 0.3) is 5.91 Å². The average molecular weight is 466 g/mol. The number of carbonyl (C=O) groups is 1. The molecule has 2 atom stereocenters. The van der Waals surface area contributed by atoms with Crippen LogP contribution in [0.2, 0.25) is 0 Å². The van der Waals surface area contributed by atoms with E-state index in [-0.39, 0.29) is 42.7 Å². The van der Waals surface area contributed by atoms with Gasteiger partial charge < -0.3 is 15.4 Å². The van der Waals surface area contributed by atoms with Crippen LogP contribution >= 0.6 is 36.2 Å². The molecule has 0 spiro atoms. The van der Waals surface area contributed by atoms with Gasteiger partial charge in [0.15, 0.2) is 0 Å². The van der Waals surface area contributed by atoms with E-state index in [1.807, 2.05) is 59.7 Å². The van der Waals surface area contributed by atoms with Gasteiger partial charge in [-0.2, -0.15) is 0 Å². The third-order valence-electron chi connectivity index (χ3n) is 5.04. The van der Waals surface area contributed by atoms with E-state index in [1.165, 1.54) is 5.56 Å². The number of aromatic nitrogens is 1. The summed E-state index contributed by atoms with van der Waals surface area (Å²) in [5.74, 6) is 0.685. The highest BCUT2D eigenvalue weighted by Crippen LogP contribution is 2.29.